The Bertz CT molecular complexity index is 123. The molecule has 0 aromatic rings. The summed E-state index contributed by atoms with van der Waals surface area (Å²) in [5.74, 6) is 0.997. The van der Waals surface area contributed by atoms with Crippen LogP contribution in [0.15, 0.2) is 0 Å². The lowest BCUT2D eigenvalue weighted by Gasteiger charge is -2.16. The van der Waals surface area contributed by atoms with E-state index in [1.807, 2.05) is 0 Å². The van der Waals surface area contributed by atoms with Crippen molar-refractivity contribution in [1.29, 1.82) is 0 Å². The fourth-order valence-electron chi connectivity index (χ4n) is 1.43. The van der Waals surface area contributed by atoms with E-state index >= 15 is 0 Å². The highest BCUT2D eigenvalue weighted by molar-refractivity contribution is 4.72. The quantitative estimate of drug-likeness (QED) is 0.626. The molecule has 13 heavy (non-hydrogen) atoms. The van der Waals surface area contributed by atoms with Crippen molar-refractivity contribution in [1.82, 2.24) is 5.32 Å². The lowest BCUT2D eigenvalue weighted by atomic mass is 10.2. The van der Waals surface area contributed by atoms with Crippen LogP contribution in [0.1, 0.15) is 39.5 Å². The van der Waals surface area contributed by atoms with Crippen molar-refractivity contribution >= 4 is 0 Å². The third kappa shape index (κ3) is 5.27. The Morgan fingerprint density at radius 2 is 2.15 bits per heavy atom. The summed E-state index contributed by atoms with van der Waals surface area (Å²) in [6.45, 7) is 7.35. The number of ether oxygens (including phenoxy) is 1. The maximum atomic E-state index is 5.78. The lowest BCUT2D eigenvalue weighted by molar-refractivity contribution is 0.0473. The standard InChI is InChI=1S/C11H23NO/c1-3-11(9-12-4-2)13-8-7-10-5-6-10/h10-12H,3-9H2,1-2H3. The summed E-state index contributed by atoms with van der Waals surface area (Å²) < 4.78 is 5.78. The van der Waals surface area contributed by atoms with Gasteiger partial charge < -0.3 is 10.1 Å². The summed E-state index contributed by atoms with van der Waals surface area (Å²) in [6.07, 6.45) is 5.71. The third-order valence-corrected chi connectivity index (χ3v) is 2.65. The maximum absolute atomic E-state index is 5.78. The number of hydrogen-bond donors (Lipinski definition) is 1. The molecule has 1 atom stereocenters. The molecule has 0 bridgehead atoms. The summed E-state index contributed by atoms with van der Waals surface area (Å²) in [5, 5.41) is 3.33. The Morgan fingerprint density at radius 3 is 2.69 bits per heavy atom. The molecule has 0 amide bonds. The minimum Gasteiger partial charge on any atom is -0.377 e. The van der Waals surface area contributed by atoms with Gasteiger partial charge in [-0.1, -0.05) is 26.7 Å². The molecule has 1 aliphatic carbocycles. The van der Waals surface area contributed by atoms with Crippen LogP contribution in [0.25, 0.3) is 0 Å². The monoisotopic (exact) mass is 185 g/mol. The van der Waals surface area contributed by atoms with Crippen molar-refractivity contribution in [3.8, 4) is 0 Å². The van der Waals surface area contributed by atoms with Gasteiger partial charge in [-0.3, -0.25) is 0 Å². The fourth-order valence-corrected chi connectivity index (χ4v) is 1.43. The van der Waals surface area contributed by atoms with Gasteiger partial charge >= 0.3 is 0 Å². The average molecular weight is 185 g/mol. The zero-order chi connectivity index (χ0) is 9.52. The van der Waals surface area contributed by atoms with E-state index < -0.39 is 0 Å². The molecule has 0 spiro atoms. The zero-order valence-electron chi connectivity index (χ0n) is 9.01. The largest absolute Gasteiger partial charge is 0.377 e. The first-order valence-electron chi connectivity index (χ1n) is 5.69. The summed E-state index contributed by atoms with van der Waals surface area (Å²) in [4.78, 5) is 0. The predicted molar refractivity (Wildman–Crippen MR) is 55.9 cm³/mol. The molecule has 2 heteroatoms. The molecule has 1 rings (SSSR count). The van der Waals surface area contributed by atoms with Gasteiger partial charge in [-0.25, -0.2) is 0 Å². The first-order chi connectivity index (χ1) is 6.36. The Morgan fingerprint density at radius 1 is 1.38 bits per heavy atom. The minimum absolute atomic E-state index is 0.429. The molecule has 0 radical (unpaired) electrons. The van der Waals surface area contributed by atoms with Crippen molar-refractivity contribution in [3.63, 3.8) is 0 Å². The van der Waals surface area contributed by atoms with Crippen LogP contribution in [0.2, 0.25) is 0 Å². The molecular formula is C11H23NO. The second-order valence-electron chi connectivity index (χ2n) is 3.94. The SMILES string of the molecule is CCNCC(CC)OCCC1CC1. The van der Waals surface area contributed by atoms with Crippen LogP contribution in [0, 0.1) is 5.92 Å². The van der Waals surface area contributed by atoms with Gasteiger partial charge in [0.05, 0.1) is 6.10 Å². The maximum Gasteiger partial charge on any atom is 0.0696 e. The van der Waals surface area contributed by atoms with Gasteiger partial charge in [0.25, 0.3) is 0 Å². The zero-order valence-corrected chi connectivity index (χ0v) is 9.01. The third-order valence-electron chi connectivity index (χ3n) is 2.65. The first-order valence-corrected chi connectivity index (χ1v) is 5.69. The van der Waals surface area contributed by atoms with E-state index in [4.69, 9.17) is 4.74 Å². The summed E-state index contributed by atoms with van der Waals surface area (Å²) in [6, 6.07) is 0. The van der Waals surface area contributed by atoms with E-state index in [0.29, 0.717) is 6.10 Å². The van der Waals surface area contributed by atoms with Crippen molar-refractivity contribution in [2.75, 3.05) is 19.7 Å². The summed E-state index contributed by atoms with van der Waals surface area (Å²) >= 11 is 0. The molecule has 78 valence electrons. The Kier molecular flexibility index (Phi) is 5.40. The van der Waals surface area contributed by atoms with Crippen LogP contribution in [0.3, 0.4) is 0 Å². The molecule has 1 unspecified atom stereocenters. The van der Waals surface area contributed by atoms with Crippen molar-refractivity contribution in [3.05, 3.63) is 0 Å². The van der Waals surface area contributed by atoms with Crippen LogP contribution in [-0.4, -0.2) is 25.8 Å². The smallest absolute Gasteiger partial charge is 0.0696 e. The van der Waals surface area contributed by atoms with Gasteiger partial charge in [-0.2, -0.15) is 0 Å². The normalized spacial score (nSPS) is 18.9. The molecule has 1 fully saturated rings. The van der Waals surface area contributed by atoms with E-state index in [1.165, 1.54) is 19.3 Å². The van der Waals surface area contributed by atoms with E-state index in [2.05, 4.69) is 19.2 Å². The van der Waals surface area contributed by atoms with Gasteiger partial charge in [0, 0.05) is 13.2 Å². The molecule has 0 saturated heterocycles. The van der Waals surface area contributed by atoms with Crippen molar-refractivity contribution in [2.24, 2.45) is 5.92 Å². The topological polar surface area (TPSA) is 21.3 Å². The summed E-state index contributed by atoms with van der Waals surface area (Å²) in [7, 11) is 0. The first kappa shape index (κ1) is 11.0. The van der Waals surface area contributed by atoms with Gasteiger partial charge in [-0.05, 0) is 25.3 Å². The molecule has 0 aromatic heterocycles. The van der Waals surface area contributed by atoms with Crippen LogP contribution >= 0.6 is 0 Å². The van der Waals surface area contributed by atoms with Crippen molar-refractivity contribution in [2.45, 2.75) is 45.6 Å². The van der Waals surface area contributed by atoms with Gasteiger partial charge in [0.1, 0.15) is 0 Å². The second-order valence-corrected chi connectivity index (χ2v) is 3.94. The molecule has 2 nitrogen and oxygen atoms in total. The minimum atomic E-state index is 0.429. The number of hydrogen-bond acceptors (Lipinski definition) is 2. The summed E-state index contributed by atoms with van der Waals surface area (Å²) in [5.41, 5.74) is 0. The molecule has 1 saturated carbocycles. The number of likely N-dealkylation sites (N-methyl/N-ethyl adjacent to an activating group) is 1. The van der Waals surface area contributed by atoms with Gasteiger partial charge in [-0.15, -0.1) is 0 Å². The number of rotatable bonds is 8. The fraction of sp³-hybridized carbons (Fsp3) is 1.00. The van der Waals surface area contributed by atoms with E-state index in [9.17, 15) is 0 Å². The molecule has 0 aromatic carbocycles. The molecule has 1 N–H and O–H groups in total. The van der Waals surface area contributed by atoms with Crippen molar-refractivity contribution < 1.29 is 4.74 Å². The Hall–Kier alpha value is -0.0800. The highest BCUT2D eigenvalue weighted by Gasteiger charge is 2.20. The van der Waals surface area contributed by atoms with Crippen LogP contribution < -0.4 is 5.32 Å². The van der Waals surface area contributed by atoms with Crippen LogP contribution in [0.5, 0.6) is 0 Å². The van der Waals surface area contributed by atoms with Gasteiger partial charge in [0.15, 0.2) is 0 Å². The van der Waals surface area contributed by atoms with E-state index in [0.717, 1.165) is 32.0 Å². The highest BCUT2D eigenvalue weighted by atomic mass is 16.5. The Balaban J connectivity index is 1.93. The van der Waals surface area contributed by atoms with E-state index in [-0.39, 0.29) is 0 Å². The highest BCUT2D eigenvalue weighted by Crippen LogP contribution is 2.32. The average Bonchev–Trinajstić information content (AvgIpc) is 2.94. The van der Waals surface area contributed by atoms with Crippen LogP contribution in [-0.2, 0) is 4.74 Å². The van der Waals surface area contributed by atoms with Crippen LogP contribution in [0.4, 0.5) is 0 Å². The lowest BCUT2D eigenvalue weighted by Crippen LogP contribution is -2.28. The van der Waals surface area contributed by atoms with E-state index in [1.54, 1.807) is 0 Å². The Labute approximate surface area is 82.0 Å². The van der Waals surface area contributed by atoms with Gasteiger partial charge in [0.2, 0.25) is 0 Å². The number of nitrogens with one attached hydrogen (secondary N) is 1. The molecule has 0 aliphatic heterocycles. The molecular weight excluding hydrogens is 162 g/mol. The predicted octanol–water partition coefficient (Wildman–Crippen LogP) is 2.19. The second kappa shape index (κ2) is 6.39. The molecule has 1 aliphatic rings. The molecule has 0 heterocycles.